The molecule has 1 aliphatic heterocycles. The molecule has 1 aliphatic carbocycles. The minimum absolute atomic E-state index is 0.0625. The molecule has 0 unspecified atom stereocenters. The van der Waals surface area contributed by atoms with E-state index in [2.05, 4.69) is 4.98 Å². The molecule has 2 aliphatic rings. The Kier molecular flexibility index (Phi) is 2.04. The fourth-order valence-electron chi connectivity index (χ4n) is 2.45. The molecule has 2 heterocycles. The number of halogens is 1. The largest absolute Gasteiger partial charge is 0.272 e. The van der Waals surface area contributed by atoms with E-state index >= 15 is 0 Å². The SMILES string of the molecule is O=C1N(SF)c2ncccc2C12CC=CC2. The van der Waals surface area contributed by atoms with E-state index in [1.807, 2.05) is 18.2 Å². The zero-order valence-corrected chi connectivity index (χ0v) is 9.21. The van der Waals surface area contributed by atoms with Gasteiger partial charge in [0.25, 0.3) is 5.91 Å². The lowest BCUT2D eigenvalue weighted by atomic mass is 9.80. The molecule has 0 radical (unpaired) electrons. The number of carbonyl (C=O) groups excluding carboxylic acids is 1. The van der Waals surface area contributed by atoms with Gasteiger partial charge in [0.2, 0.25) is 0 Å². The van der Waals surface area contributed by atoms with Crippen molar-refractivity contribution in [3.05, 3.63) is 36.0 Å². The molecule has 16 heavy (non-hydrogen) atoms. The van der Waals surface area contributed by atoms with Gasteiger partial charge in [0.05, 0.1) is 5.41 Å². The smallest absolute Gasteiger partial charge is 0.251 e. The van der Waals surface area contributed by atoms with Crippen LogP contribution in [0, 0.1) is 0 Å². The summed E-state index contributed by atoms with van der Waals surface area (Å²) in [6.07, 6.45) is 6.81. The molecular weight excluding hydrogens is 227 g/mol. The minimum Gasteiger partial charge on any atom is -0.272 e. The van der Waals surface area contributed by atoms with Crippen LogP contribution in [0.2, 0.25) is 0 Å². The van der Waals surface area contributed by atoms with Gasteiger partial charge in [0.1, 0.15) is 0 Å². The summed E-state index contributed by atoms with van der Waals surface area (Å²) in [4.78, 5) is 16.3. The Labute approximate surface area is 96.8 Å². The number of hydrogen-bond donors (Lipinski definition) is 0. The first kappa shape index (κ1) is 9.84. The van der Waals surface area contributed by atoms with Crippen LogP contribution in [-0.4, -0.2) is 10.9 Å². The van der Waals surface area contributed by atoms with Gasteiger partial charge >= 0.3 is 0 Å². The van der Waals surface area contributed by atoms with Crippen molar-refractivity contribution in [1.82, 2.24) is 4.98 Å². The van der Waals surface area contributed by atoms with Crippen molar-refractivity contribution in [2.75, 3.05) is 4.31 Å². The number of fused-ring (bicyclic) bond motifs is 2. The van der Waals surface area contributed by atoms with Crippen molar-refractivity contribution < 1.29 is 8.68 Å². The predicted molar refractivity (Wildman–Crippen MR) is 60.5 cm³/mol. The Bertz CT molecular complexity index is 481. The number of hydrogen-bond acceptors (Lipinski definition) is 3. The highest BCUT2D eigenvalue weighted by molar-refractivity contribution is 7.96. The summed E-state index contributed by atoms with van der Waals surface area (Å²) in [7, 11) is 0. The van der Waals surface area contributed by atoms with Crippen LogP contribution >= 0.6 is 12.3 Å². The molecule has 1 aromatic rings. The lowest BCUT2D eigenvalue weighted by Crippen LogP contribution is -2.35. The molecule has 1 aromatic heterocycles. The number of carbonyl (C=O) groups is 1. The number of aromatic nitrogens is 1. The van der Waals surface area contributed by atoms with Gasteiger partial charge in [-0.25, -0.2) is 9.29 Å². The first-order valence-electron chi connectivity index (χ1n) is 5.03. The molecule has 5 heteroatoms. The second kappa shape index (κ2) is 3.31. The fraction of sp³-hybridized carbons (Fsp3) is 0.273. The van der Waals surface area contributed by atoms with Crippen molar-refractivity contribution in [3.63, 3.8) is 0 Å². The summed E-state index contributed by atoms with van der Waals surface area (Å²) in [6, 6.07) is 3.65. The Morgan fingerprint density at radius 1 is 1.44 bits per heavy atom. The van der Waals surface area contributed by atoms with E-state index < -0.39 is 5.41 Å². The molecule has 0 fully saturated rings. The summed E-state index contributed by atoms with van der Waals surface area (Å²) >= 11 is -0.0625. The molecule has 0 N–H and O–H groups in total. The summed E-state index contributed by atoms with van der Waals surface area (Å²) in [5, 5.41) is 0. The highest BCUT2D eigenvalue weighted by Crippen LogP contribution is 2.50. The maximum atomic E-state index is 12.8. The third-order valence-electron chi connectivity index (χ3n) is 3.26. The maximum Gasteiger partial charge on any atom is 0.251 e. The van der Waals surface area contributed by atoms with Crippen LogP contribution in [0.5, 0.6) is 0 Å². The van der Waals surface area contributed by atoms with Crippen LogP contribution in [0.3, 0.4) is 0 Å². The van der Waals surface area contributed by atoms with E-state index in [-0.39, 0.29) is 18.2 Å². The number of pyridine rings is 1. The highest BCUT2D eigenvalue weighted by Gasteiger charge is 2.52. The molecule has 0 bridgehead atoms. The van der Waals surface area contributed by atoms with E-state index in [4.69, 9.17) is 0 Å². The first-order chi connectivity index (χ1) is 7.79. The third kappa shape index (κ3) is 1.04. The van der Waals surface area contributed by atoms with Crippen molar-refractivity contribution in [2.24, 2.45) is 0 Å². The molecule has 82 valence electrons. The molecule has 0 saturated heterocycles. The lowest BCUT2D eigenvalue weighted by Gasteiger charge is -2.20. The number of amides is 1. The Balaban J connectivity index is 2.19. The van der Waals surface area contributed by atoms with E-state index in [0.29, 0.717) is 18.7 Å². The van der Waals surface area contributed by atoms with E-state index in [1.54, 1.807) is 12.3 Å². The summed E-state index contributed by atoms with van der Waals surface area (Å²) < 4.78 is 13.9. The van der Waals surface area contributed by atoms with Gasteiger partial charge in [0.15, 0.2) is 18.2 Å². The van der Waals surface area contributed by atoms with Gasteiger partial charge in [-0.15, -0.1) is 3.89 Å². The second-order valence-electron chi connectivity index (χ2n) is 4.00. The maximum absolute atomic E-state index is 12.8. The summed E-state index contributed by atoms with van der Waals surface area (Å²) in [6.45, 7) is 0. The molecule has 3 rings (SSSR count). The Hall–Kier alpha value is -1.36. The summed E-state index contributed by atoms with van der Waals surface area (Å²) in [5.74, 6) is 0.252. The van der Waals surface area contributed by atoms with Gasteiger partial charge in [-0.05, 0) is 18.9 Å². The van der Waals surface area contributed by atoms with Crippen LogP contribution in [0.1, 0.15) is 18.4 Å². The molecular formula is C11H9FN2OS. The first-order valence-corrected chi connectivity index (χ1v) is 5.71. The Morgan fingerprint density at radius 2 is 2.19 bits per heavy atom. The minimum atomic E-state index is -0.595. The van der Waals surface area contributed by atoms with Gasteiger partial charge in [-0.2, -0.15) is 0 Å². The standard InChI is InChI=1S/C11H9FN2OS/c12-16-14-9-8(4-3-7-13-9)11(10(14)15)5-1-2-6-11/h1-4,7H,5-6H2. The molecule has 0 atom stereocenters. The third-order valence-corrected chi connectivity index (χ3v) is 3.73. The number of allylic oxidation sites excluding steroid dienone is 2. The average Bonchev–Trinajstić information content (AvgIpc) is 2.88. The molecule has 3 nitrogen and oxygen atoms in total. The van der Waals surface area contributed by atoms with Gasteiger partial charge < -0.3 is 0 Å². The average molecular weight is 236 g/mol. The van der Waals surface area contributed by atoms with E-state index in [9.17, 15) is 8.68 Å². The quantitative estimate of drug-likeness (QED) is 0.555. The van der Waals surface area contributed by atoms with E-state index in [0.717, 1.165) is 9.87 Å². The molecule has 0 saturated carbocycles. The van der Waals surface area contributed by atoms with Crippen LogP contribution in [0.4, 0.5) is 9.70 Å². The van der Waals surface area contributed by atoms with Crippen LogP contribution < -0.4 is 4.31 Å². The van der Waals surface area contributed by atoms with Crippen LogP contribution in [0.15, 0.2) is 30.5 Å². The van der Waals surface area contributed by atoms with Crippen molar-refractivity contribution >= 4 is 24.1 Å². The lowest BCUT2D eigenvalue weighted by molar-refractivity contribution is -0.121. The Morgan fingerprint density at radius 3 is 2.88 bits per heavy atom. The topological polar surface area (TPSA) is 33.2 Å². The molecule has 1 amide bonds. The predicted octanol–water partition coefficient (Wildman–Crippen LogP) is 2.55. The molecule has 1 spiro atoms. The number of anilines is 1. The number of rotatable bonds is 1. The highest BCUT2D eigenvalue weighted by atomic mass is 32.2. The van der Waals surface area contributed by atoms with E-state index in [1.165, 1.54) is 0 Å². The normalized spacial score (nSPS) is 20.8. The van der Waals surface area contributed by atoms with Crippen LogP contribution in [-0.2, 0) is 10.2 Å². The molecule has 0 aromatic carbocycles. The van der Waals surface area contributed by atoms with Crippen LogP contribution in [0.25, 0.3) is 0 Å². The van der Waals surface area contributed by atoms with Crippen molar-refractivity contribution in [3.8, 4) is 0 Å². The zero-order chi connectivity index (χ0) is 11.2. The van der Waals surface area contributed by atoms with Gasteiger partial charge in [-0.1, -0.05) is 18.2 Å². The monoisotopic (exact) mass is 236 g/mol. The number of nitrogens with zero attached hydrogens (tertiary/aromatic N) is 2. The summed E-state index contributed by atoms with van der Waals surface area (Å²) in [5.41, 5.74) is 0.248. The zero-order valence-electron chi connectivity index (χ0n) is 8.39. The van der Waals surface area contributed by atoms with Gasteiger partial charge in [-0.3, -0.25) is 4.79 Å². The second-order valence-corrected chi connectivity index (χ2v) is 4.51. The fourth-order valence-corrected chi connectivity index (χ4v) is 2.90. The van der Waals surface area contributed by atoms with Crippen molar-refractivity contribution in [2.45, 2.75) is 18.3 Å². The van der Waals surface area contributed by atoms with Crippen molar-refractivity contribution in [1.29, 1.82) is 0 Å². The van der Waals surface area contributed by atoms with Gasteiger partial charge in [0, 0.05) is 11.8 Å².